The molecule has 0 unspecified atom stereocenters. The molecule has 0 fully saturated rings. The maximum Gasteiger partial charge on any atom is 0.274 e. The molecule has 108 valence electrons. The topological polar surface area (TPSA) is 121 Å². The zero-order valence-electron chi connectivity index (χ0n) is 10.8. The molecule has 0 aliphatic carbocycles. The minimum absolute atomic E-state index is 0.135. The number of primary sulfonamides is 1. The molecule has 0 aliphatic heterocycles. The van der Waals surface area contributed by atoms with Gasteiger partial charge in [0.25, 0.3) is 5.56 Å². The Morgan fingerprint density at radius 1 is 1.24 bits per heavy atom. The lowest BCUT2D eigenvalue weighted by Gasteiger charge is -2.07. The highest BCUT2D eigenvalue weighted by Gasteiger charge is 2.16. The first-order valence-corrected chi connectivity index (χ1v) is 7.37. The summed E-state index contributed by atoms with van der Waals surface area (Å²) in [6, 6.07) is 5.63. The molecule has 0 atom stereocenters. The monoisotopic (exact) mass is 306 g/mol. The number of rotatable bonds is 2. The van der Waals surface area contributed by atoms with Crippen molar-refractivity contribution in [3.63, 3.8) is 0 Å². The number of sulfonamides is 1. The van der Waals surface area contributed by atoms with Gasteiger partial charge in [-0.05, 0) is 12.1 Å². The van der Waals surface area contributed by atoms with Crippen LogP contribution in [-0.2, 0) is 17.1 Å². The summed E-state index contributed by atoms with van der Waals surface area (Å²) in [6.45, 7) is 0. The van der Waals surface area contributed by atoms with E-state index in [0.717, 1.165) is 4.68 Å². The molecule has 3 aromatic rings. The van der Waals surface area contributed by atoms with Gasteiger partial charge in [-0.25, -0.2) is 18.2 Å². The van der Waals surface area contributed by atoms with Crippen LogP contribution in [-0.4, -0.2) is 23.4 Å². The number of aryl methyl sites for hydroxylation is 1. The van der Waals surface area contributed by atoms with Crippen molar-refractivity contribution in [1.29, 1.82) is 0 Å². The molecule has 8 nitrogen and oxygen atoms in total. The van der Waals surface area contributed by atoms with E-state index in [1.807, 2.05) is 0 Å². The summed E-state index contributed by atoms with van der Waals surface area (Å²) in [7, 11) is -2.43. The summed E-state index contributed by atoms with van der Waals surface area (Å²) in [5.74, 6) is 0. The summed E-state index contributed by atoms with van der Waals surface area (Å²) >= 11 is 0. The molecule has 0 aliphatic rings. The Balaban J connectivity index is 2.44. The molecule has 0 amide bonds. The third kappa shape index (κ3) is 2.22. The van der Waals surface area contributed by atoms with E-state index in [4.69, 9.17) is 9.66 Å². The normalized spacial score (nSPS) is 11.9. The molecule has 0 radical (unpaired) electrons. The Morgan fingerprint density at radius 3 is 2.62 bits per heavy atom. The Morgan fingerprint density at radius 2 is 2.00 bits per heavy atom. The summed E-state index contributed by atoms with van der Waals surface area (Å²) in [5.41, 5.74) is 0.434. The molecule has 9 heteroatoms. The quantitative estimate of drug-likeness (QED) is 0.723. The van der Waals surface area contributed by atoms with Crippen molar-refractivity contribution >= 4 is 20.8 Å². The average molecular weight is 306 g/mol. The van der Waals surface area contributed by atoms with Gasteiger partial charge in [-0.15, -0.1) is 0 Å². The van der Waals surface area contributed by atoms with E-state index in [9.17, 15) is 13.2 Å². The van der Waals surface area contributed by atoms with E-state index in [1.165, 1.54) is 31.5 Å². The number of nitrogens with zero attached hydrogens (tertiary/aromatic N) is 3. The predicted molar refractivity (Wildman–Crippen MR) is 73.9 cm³/mol. The fourth-order valence-electron chi connectivity index (χ4n) is 2.03. The molecule has 1 aromatic carbocycles. The molecule has 0 bridgehead atoms. The van der Waals surface area contributed by atoms with Gasteiger partial charge in [0.05, 0.1) is 10.3 Å². The third-order valence-corrected chi connectivity index (χ3v) is 3.94. The first-order valence-electron chi connectivity index (χ1n) is 5.82. The van der Waals surface area contributed by atoms with E-state index >= 15 is 0 Å². The van der Waals surface area contributed by atoms with Gasteiger partial charge >= 0.3 is 0 Å². The maximum atomic E-state index is 12.2. The molecule has 0 spiro atoms. The van der Waals surface area contributed by atoms with Crippen LogP contribution in [0, 0.1) is 0 Å². The van der Waals surface area contributed by atoms with Crippen molar-refractivity contribution in [1.82, 2.24) is 14.9 Å². The van der Waals surface area contributed by atoms with Crippen molar-refractivity contribution < 1.29 is 12.9 Å². The van der Waals surface area contributed by atoms with Gasteiger partial charge in [-0.3, -0.25) is 4.79 Å². The number of hydrogen-bond acceptors (Lipinski definition) is 6. The fraction of sp³-hybridized carbons (Fsp3) is 0.0833. The van der Waals surface area contributed by atoms with Crippen molar-refractivity contribution in [2.45, 2.75) is 4.90 Å². The van der Waals surface area contributed by atoms with Gasteiger partial charge in [0.15, 0.2) is 0 Å². The number of hydrogen-bond donors (Lipinski definition) is 1. The second-order valence-corrected chi connectivity index (χ2v) is 5.98. The number of benzene rings is 1. The van der Waals surface area contributed by atoms with Gasteiger partial charge in [0, 0.05) is 18.5 Å². The summed E-state index contributed by atoms with van der Waals surface area (Å²) in [4.78, 5) is 12.0. The first kappa shape index (κ1) is 13.5. The molecule has 2 heterocycles. The Bertz CT molecular complexity index is 990. The van der Waals surface area contributed by atoms with E-state index in [0.29, 0.717) is 16.8 Å². The zero-order chi connectivity index (χ0) is 15.2. The lowest BCUT2D eigenvalue weighted by molar-refractivity contribution is 0.422. The highest BCUT2D eigenvalue weighted by atomic mass is 32.2. The Kier molecular flexibility index (Phi) is 2.88. The molecule has 21 heavy (non-hydrogen) atoms. The van der Waals surface area contributed by atoms with Crippen LogP contribution in [0.25, 0.3) is 22.2 Å². The van der Waals surface area contributed by atoms with E-state index in [-0.39, 0.29) is 10.3 Å². The van der Waals surface area contributed by atoms with Gasteiger partial charge in [0.2, 0.25) is 10.0 Å². The van der Waals surface area contributed by atoms with Crippen molar-refractivity contribution in [2.24, 2.45) is 12.2 Å². The molecule has 2 N–H and O–H groups in total. The number of nitrogens with two attached hydrogens (primary N) is 1. The van der Waals surface area contributed by atoms with E-state index in [1.54, 1.807) is 6.07 Å². The summed E-state index contributed by atoms with van der Waals surface area (Å²) in [6.07, 6.45) is 1.38. The summed E-state index contributed by atoms with van der Waals surface area (Å²) in [5, 5.41) is 13.7. The van der Waals surface area contributed by atoms with Crippen molar-refractivity contribution in [2.75, 3.05) is 0 Å². The van der Waals surface area contributed by atoms with Gasteiger partial charge in [-0.2, -0.15) is 5.10 Å². The van der Waals surface area contributed by atoms with Crippen LogP contribution in [0.5, 0.6) is 0 Å². The van der Waals surface area contributed by atoms with Gasteiger partial charge in [-0.1, -0.05) is 11.2 Å². The van der Waals surface area contributed by atoms with Crippen molar-refractivity contribution in [3.05, 3.63) is 40.9 Å². The molecular formula is C12H10N4O4S. The first-order chi connectivity index (χ1) is 9.88. The van der Waals surface area contributed by atoms with Gasteiger partial charge in [0.1, 0.15) is 17.7 Å². The zero-order valence-corrected chi connectivity index (χ0v) is 11.7. The minimum atomic E-state index is -3.89. The van der Waals surface area contributed by atoms with Crippen LogP contribution in [0.4, 0.5) is 0 Å². The summed E-state index contributed by atoms with van der Waals surface area (Å²) < 4.78 is 28.7. The standard InChI is InChI=1S/C12H10N4O4S/c1-16-12(17)9-6-7(21(13,18)19)2-3-8(9)11(14-16)10-4-5-20-15-10/h2-6H,1H3,(H2,13,18,19). The smallest absolute Gasteiger partial charge is 0.274 e. The highest BCUT2D eigenvalue weighted by molar-refractivity contribution is 7.89. The van der Waals surface area contributed by atoms with E-state index in [2.05, 4.69) is 10.3 Å². The molecule has 0 saturated carbocycles. The maximum absolute atomic E-state index is 12.2. The number of fused-ring (bicyclic) bond motifs is 1. The largest absolute Gasteiger partial charge is 0.364 e. The van der Waals surface area contributed by atoms with Crippen LogP contribution in [0.2, 0.25) is 0 Å². The average Bonchev–Trinajstić information content (AvgIpc) is 2.95. The molecule has 3 rings (SSSR count). The molecule has 2 aromatic heterocycles. The van der Waals surface area contributed by atoms with Crippen LogP contribution in [0.3, 0.4) is 0 Å². The lowest BCUT2D eigenvalue weighted by atomic mass is 10.1. The van der Waals surface area contributed by atoms with Crippen LogP contribution in [0.1, 0.15) is 0 Å². The van der Waals surface area contributed by atoms with Crippen LogP contribution < -0.4 is 10.7 Å². The minimum Gasteiger partial charge on any atom is -0.364 e. The van der Waals surface area contributed by atoms with Gasteiger partial charge < -0.3 is 4.52 Å². The second-order valence-electron chi connectivity index (χ2n) is 4.41. The van der Waals surface area contributed by atoms with Crippen LogP contribution >= 0.6 is 0 Å². The SMILES string of the molecule is Cn1nc(-c2ccon2)c2ccc(S(N)(=O)=O)cc2c1=O. The Hall–Kier alpha value is -2.52. The third-order valence-electron chi connectivity index (χ3n) is 3.03. The highest BCUT2D eigenvalue weighted by Crippen LogP contribution is 2.24. The number of aromatic nitrogens is 3. The fourth-order valence-corrected chi connectivity index (χ4v) is 2.57. The van der Waals surface area contributed by atoms with E-state index < -0.39 is 15.6 Å². The lowest BCUT2D eigenvalue weighted by Crippen LogP contribution is -2.21. The predicted octanol–water partition coefficient (Wildman–Crippen LogP) is 0.236. The van der Waals surface area contributed by atoms with Crippen molar-refractivity contribution in [3.8, 4) is 11.4 Å². The Labute approximate surface area is 118 Å². The molecule has 0 saturated heterocycles. The van der Waals surface area contributed by atoms with Crippen LogP contribution in [0.15, 0.2) is 44.7 Å². The molecular weight excluding hydrogens is 296 g/mol. The second kappa shape index (κ2) is 4.50.